The first-order chi connectivity index (χ1) is 11.9. The van der Waals surface area contributed by atoms with Crippen molar-refractivity contribution in [1.82, 2.24) is 5.32 Å². The van der Waals surface area contributed by atoms with Gasteiger partial charge >= 0.3 is 5.97 Å². The molecule has 0 aliphatic rings. The number of nitrogens with zero attached hydrogens (tertiary/aromatic N) is 1. The lowest BCUT2D eigenvalue weighted by atomic mass is 10.2. The zero-order chi connectivity index (χ0) is 18.4. The molecule has 0 fully saturated rings. The summed E-state index contributed by atoms with van der Waals surface area (Å²) in [5, 5.41) is 13.6. The van der Waals surface area contributed by atoms with E-state index in [1.54, 1.807) is 0 Å². The Labute approximate surface area is 152 Å². The Morgan fingerprint density at radius 3 is 2.56 bits per heavy atom. The quantitative estimate of drug-likeness (QED) is 0.451. The number of hydrogen-bond donors (Lipinski definition) is 1. The molecule has 0 saturated carbocycles. The molecule has 0 spiro atoms. The molecule has 0 unspecified atom stereocenters. The van der Waals surface area contributed by atoms with E-state index in [1.807, 2.05) is 30.3 Å². The highest BCUT2D eigenvalue weighted by Crippen LogP contribution is 2.26. The zero-order valence-electron chi connectivity index (χ0n) is 13.3. The molecule has 1 N–H and O–H groups in total. The fraction of sp³-hybridized carbons (Fsp3) is 0.176. The lowest BCUT2D eigenvalue weighted by Gasteiger charge is -2.13. The minimum atomic E-state index is -1.03. The van der Waals surface area contributed by atoms with Crippen molar-refractivity contribution in [1.29, 1.82) is 0 Å². The van der Waals surface area contributed by atoms with E-state index in [0.29, 0.717) is 6.54 Å². The molecule has 2 aromatic rings. The van der Waals surface area contributed by atoms with E-state index in [-0.39, 0.29) is 15.7 Å². The summed E-state index contributed by atoms with van der Waals surface area (Å²) >= 11 is 3.04. The van der Waals surface area contributed by atoms with Gasteiger partial charge in [-0.05, 0) is 40.5 Å². The number of ether oxygens (including phenoxy) is 1. The maximum atomic E-state index is 12.1. The van der Waals surface area contributed by atoms with Crippen LogP contribution in [0.2, 0.25) is 0 Å². The van der Waals surface area contributed by atoms with Crippen LogP contribution >= 0.6 is 15.9 Å². The van der Waals surface area contributed by atoms with Gasteiger partial charge in [-0.2, -0.15) is 0 Å². The summed E-state index contributed by atoms with van der Waals surface area (Å²) in [6.07, 6.45) is -1.03. The Kier molecular flexibility index (Phi) is 6.24. The van der Waals surface area contributed by atoms with Gasteiger partial charge in [-0.25, -0.2) is 4.79 Å². The molecule has 0 radical (unpaired) electrons. The topological polar surface area (TPSA) is 98.5 Å². The molecule has 25 heavy (non-hydrogen) atoms. The minimum Gasteiger partial charge on any atom is -0.449 e. The van der Waals surface area contributed by atoms with E-state index >= 15 is 0 Å². The second kappa shape index (κ2) is 8.39. The van der Waals surface area contributed by atoms with Crippen molar-refractivity contribution in [3.8, 4) is 0 Å². The molecule has 130 valence electrons. The van der Waals surface area contributed by atoms with Gasteiger partial charge in [0.2, 0.25) is 0 Å². The predicted octanol–water partition coefficient (Wildman–Crippen LogP) is 3.22. The molecule has 1 amide bonds. The second-order valence-corrected chi connectivity index (χ2v) is 6.03. The molecule has 7 nitrogen and oxygen atoms in total. The first-order valence-electron chi connectivity index (χ1n) is 7.35. The SMILES string of the molecule is C[C@H](OC(=O)c1ccc(Br)c([N+](=O)[O-])c1)C(=O)NCc1ccccc1. The molecule has 2 rings (SSSR count). The Morgan fingerprint density at radius 1 is 1.24 bits per heavy atom. The number of nitrogens with one attached hydrogen (secondary N) is 1. The Balaban J connectivity index is 1.96. The van der Waals surface area contributed by atoms with Gasteiger partial charge in [-0.1, -0.05) is 30.3 Å². The van der Waals surface area contributed by atoms with E-state index in [4.69, 9.17) is 4.74 Å². The molecular weight excluding hydrogens is 392 g/mol. The van der Waals surface area contributed by atoms with Crippen LogP contribution in [0.1, 0.15) is 22.8 Å². The summed E-state index contributed by atoms with van der Waals surface area (Å²) in [6.45, 7) is 1.75. The van der Waals surface area contributed by atoms with Crippen LogP contribution in [0.5, 0.6) is 0 Å². The largest absolute Gasteiger partial charge is 0.449 e. The van der Waals surface area contributed by atoms with Crippen molar-refractivity contribution in [2.75, 3.05) is 0 Å². The highest BCUT2D eigenvalue weighted by atomic mass is 79.9. The number of nitro groups is 1. The summed E-state index contributed by atoms with van der Waals surface area (Å²) in [5.41, 5.74) is 0.658. The van der Waals surface area contributed by atoms with Gasteiger partial charge in [0.1, 0.15) is 0 Å². The van der Waals surface area contributed by atoms with Crippen molar-refractivity contribution >= 4 is 33.5 Å². The van der Waals surface area contributed by atoms with Gasteiger partial charge in [0, 0.05) is 12.6 Å². The van der Waals surface area contributed by atoms with Crippen LogP contribution in [0.15, 0.2) is 53.0 Å². The number of rotatable bonds is 6. The molecule has 0 bridgehead atoms. The summed E-state index contributed by atoms with van der Waals surface area (Å²) in [6, 6.07) is 13.2. The normalized spacial score (nSPS) is 11.4. The number of hydrogen-bond acceptors (Lipinski definition) is 5. The summed E-state index contributed by atoms with van der Waals surface area (Å²) in [4.78, 5) is 34.4. The van der Waals surface area contributed by atoms with E-state index < -0.39 is 22.9 Å². The first-order valence-corrected chi connectivity index (χ1v) is 8.14. The average Bonchev–Trinajstić information content (AvgIpc) is 2.60. The van der Waals surface area contributed by atoms with Crippen LogP contribution in [-0.4, -0.2) is 22.9 Å². The van der Waals surface area contributed by atoms with Crippen LogP contribution in [0.4, 0.5) is 5.69 Å². The van der Waals surface area contributed by atoms with E-state index in [9.17, 15) is 19.7 Å². The summed E-state index contributed by atoms with van der Waals surface area (Å²) < 4.78 is 5.32. The number of amides is 1. The predicted molar refractivity (Wildman–Crippen MR) is 94.0 cm³/mol. The molecule has 8 heteroatoms. The lowest BCUT2D eigenvalue weighted by molar-refractivity contribution is -0.385. The summed E-state index contributed by atoms with van der Waals surface area (Å²) in [5.74, 6) is -1.26. The Bertz CT molecular complexity index is 795. The third kappa shape index (κ3) is 5.12. The number of benzene rings is 2. The van der Waals surface area contributed by atoms with Crippen molar-refractivity contribution < 1.29 is 19.2 Å². The molecule has 0 aromatic heterocycles. The van der Waals surface area contributed by atoms with Crippen molar-refractivity contribution in [3.05, 3.63) is 74.2 Å². The van der Waals surface area contributed by atoms with Gasteiger partial charge in [0.15, 0.2) is 6.10 Å². The third-order valence-electron chi connectivity index (χ3n) is 3.34. The number of halogens is 1. The van der Waals surface area contributed by atoms with Crippen LogP contribution in [0, 0.1) is 10.1 Å². The zero-order valence-corrected chi connectivity index (χ0v) is 14.9. The van der Waals surface area contributed by atoms with Crippen molar-refractivity contribution in [3.63, 3.8) is 0 Å². The fourth-order valence-electron chi connectivity index (χ4n) is 1.99. The van der Waals surface area contributed by atoms with Crippen LogP contribution in [-0.2, 0) is 16.1 Å². The van der Waals surface area contributed by atoms with Gasteiger partial charge < -0.3 is 10.1 Å². The van der Waals surface area contributed by atoms with Crippen molar-refractivity contribution in [2.24, 2.45) is 0 Å². The molecule has 0 saturated heterocycles. The maximum Gasteiger partial charge on any atom is 0.339 e. The van der Waals surface area contributed by atoms with E-state index in [1.165, 1.54) is 19.1 Å². The lowest BCUT2D eigenvalue weighted by Crippen LogP contribution is -2.35. The van der Waals surface area contributed by atoms with Gasteiger partial charge in [-0.15, -0.1) is 0 Å². The maximum absolute atomic E-state index is 12.1. The molecule has 1 atom stereocenters. The molecular formula is C17H15BrN2O5. The smallest absolute Gasteiger partial charge is 0.339 e. The van der Waals surface area contributed by atoms with E-state index in [0.717, 1.165) is 11.6 Å². The molecule has 0 aliphatic heterocycles. The minimum absolute atomic E-state index is 0.00221. The first kappa shape index (κ1) is 18.6. The molecule has 0 aliphatic carbocycles. The Hall–Kier alpha value is -2.74. The monoisotopic (exact) mass is 406 g/mol. The van der Waals surface area contributed by atoms with Gasteiger partial charge in [0.25, 0.3) is 11.6 Å². The number of esters is 1. The van der Waals surface area contributed by atoms with Crippen LogP contribution < -0.4 is 5.32 Å². The number of carbonyl (C=O) groups is 2. The third-order valence-corrected chi connectivity index (χ3v) is 4.01. The van der Waals surface area contributed by atoms with Crippen LogP contribution in [0.25, 0.3) is 0 Å². The van der Waals surface area contributed by atoms with Crippen molar-refractivity contribution in [2.45, 2.75) is 19.6 Å². The average molecular weight is 407 g/mol. The number of carbonyl (C=O) groups excluding carboxylic acids is 2. The van der Waals surface area contributed by atoms with E-state index in [2.05, 4.69) is 21.2 Å². The standard InChI is InChI=1S/C17H15BrN2O5/c1-11(16(21)19-10-12-5-3-2-4-6-12)25-17(22)13-7-8-14(18)15(9-13)20(23)24/h2-9,11H,10H2,1H3,(H,19,21)/t11-/m0/s1. The highest BCUT2D eigenvalue weighted by molar-refractivity contribution is 9.10. The van der Waals surface area contributed by atoms with Gasteiger partial charge in [-0.3, -0.25) is 14.9 Å². The second-order valence-electron chi connectivity index (χ2n) is 5.17. The number of nitro benzene ring substituents is 1. The summed E-state index contributed by atoms with van der Waals surface area (Å²) in [7, 11) is 0. The Morgan fingerprint density at radius 2 is 1.92 bits per heavy atom. The highest BCUT2D eigenvalue weighted by Gasteiger charge is 2.21. The van der Waals surface area contributed by atoms with Crippen LogP contribution in [0.3, 0.4) is 0 Å². The molecule has 0 heterocycles. The fourth-order valence-corrected chi connectivity index (χ4v) is 2.38. The molecule has 2 aromatic carbocycles. The van der Waals surface area contributed by atoms with Gasteiger partial charge in [0.05, 0.1) is 15.0 Å².